The van der Waals surface area contributed by atoms with Crippen molar-refractivity contribution in [1.29, 1.82) is 0 Å². The number of aryl methyl sites for hydroxylation is 1. The van der Waals surface area contributed by atoms with E-state index in [9.17, 15) is 0 Å². The van der Waals surface area contributed by atoms with Gasteiger partial charge in [0.2, 0.25) is 0 Å². The van der Waals surface area contributed by atoms with Crippen molar-refractivity contribution in [2.75, 3.05) is 5.73 Å². The van der Waals surface area contributed by atoms with Crippen molar-refractivity contribution in [2.24, 2.45) is 0 Å². The Morgan fingerprint density at radius 1 is 1.50 bits per heavy atom. The number of rotatable bonds is 2. The van der Waals surface area contributed by atoms with Crippen LogP contribution < -0.4 is 10.3 Å². The van der Waals surface area contributed by atoms with Crippen molar-refractivity contribution in [1.82, 2.24) is 9.38 Å². The second kappa shape index (κ2) is 4.37. The summed E-state index contributed by atoms with van der Waals surface area (Å²) in [7, 11) is 0. The summed E-state index contributed by atoms with van der Waals surface area (Å²) in [5.41, 5.74) is 8.11. The van der Waals surface area contributed by atoms with Gasteiger partial charge in [-0.1, -0.05) is 6.07 Å². The number of aromatic nitrogens is 3. The van der Waals surface area contributed by atoms with Crippen LogP contribution >= 0.6 is 27.3 Å². The molecular weight excluding hydrogens is 312 g/mol. The van der Waals surface area contributed by atoms with Gasteiger partial charge in [0.25, 0.3) is 5.82 Å². The molecule has 6 heteroatoms. The maximum absolute atomic E-state index is 5.93. The Kier molecular flexibility index (Phi) is 2.83. The van der Waals surface area contributed by atoms with Crippen LogP contribution in [-0.4, -0.2) is 9.38 Å². The van der Waals surface area contributed by atoms with Crippen LogP contribution in [-0.2, 0) is 6.54 Å². The lowest BCUT2D eigenvalue weighted by Gasteiger charge is -2.01. The Morgan fingerprint density at radius 3 is 3.06 bits per heavy atom. The lowest BCUT2D eigenvalue weighted by atomic mass is 10.4. The fourth-order valence-electron chi connectivity index (χ4n) is 1.90. The van der Waals surface area contributed by atoms with Gasteiger partial charge in [-0.25, -0.2) is 9.55 Å². The van der Waals surface area contributed by atoms with Crippen LogP contribution in [0.25, 0.3) is 4.96 Å². The number of halogens is 1. The molecule has 0 fully saturated rings. The van der Waals surface area contributed by atoms with Crippen molar-refractivity contribution >= 4 is 38.0 Å². The highest BCUT2D eigenvalue weighted by Crippen LogP contribution is 2.24. The molecule has 0 saturated carbocycles. The number of thiazole rings is 1. The number of nitrogens with zero attached hydrogens (tertiary/aromatic N) is 3. The van der Waals surface area contributed by atoms with E-state index in [-0.39, 0.29) is 0 Å². The molecule has 0 aromatic carbocycles. The van der Waals surface area contributed by atoms with Crippen molar-refractivity contribution in [3.05, 3.63) is 45.8 Å². The molecule has 2 N–H and O–H groups in total. The average Bonchev–Trinajstić information content (AvgIpc) is 2.85. The molecule has 3 aromatic rings. The second-order valence-corrected chi connectivity index (χ2v) is 5.69. The Labute approximate surface area is 117 Å². The highest BCUT2D eigenvalue weighted by molar-refractivity contribution is 9.10. The molecule has 0 bridgehead atoms. The minimum atomic E-state index is 0.668. The summed E-state index contributed by atoms with van der Waals surface area (Å²) in [6.45, 7) is 2.74. The summed E-state index contributed by atoms with van der Waals surface area (Å²) in [5.74, 6) is 0.734. The molecular formula is C12H12BrN4S+. The first-order chi connectivity index (χ1) is 8.66. The van der Waals surface area contributed by atoms with Gasteiger partial charge in [-0.15, -0.1) is 11.3 Å². The SMILES string of the molecule is Cc1csc2nc(C[n+]3ccccc3N)c(Br)n12. The van der Waals surface area contributed by atoms with Gasteiger partial charge in [-0.3, -0.25) is 10.1 Å². The number of hydrogen-bond acceptors (Lipinski definition) is 3. The van der Waals surface area contributed by atoms with E-state index >= 15 is 0 Å². The van der Waals surface area contributed by atoms with E-state index < -0.39 is 0 Å². The van der Waals surface area contributed by atoms with Crippen LogP contribution in [0.4, 0.5) is 5.82 Å². The first-order valence-electron chi connectivity index (χ1n) is 5.51. The molecule has 0 atom stereocenters. The number of hydrogen-bond donors (Lipinski definition) is 1. The Bertz CT molecular complexity index is 716. The molecule has 0 radical (unpaired) electrons. The van der Waals surface area contributed by atoms with E-state index in [1.165, 1.54) is 5.69 Å². The summed E-state index contributed by atoms with van der Waals surface area (Å²) in [5, 5.41) is 2.10. The third kappa shape index (κ3) is 1.81. The predicted molar refractivity (Wildman–Crippen MR) is 75.7 cm³/mol. The normalized spacial score (nSPS) is 11.2. The fourth-order valence-corrected chi connectivity index (χ4v) is 3.56. The molecule has 18 heavy (non-hydrogen) atoms. The van der Waals surface area contributed by atoms with Crippen molar-refractivity contribution in [2.45, 2.75) is 13.5 Å². The van der Waals surface area contributed by atoms with Gasteiger partial charge in [-0.2, -0.15) is 0 Å². The molecule has 92 valence electrons. The molecule has 0 aliphatic carbocycles. The number of nitrogen functional groups attached to an aromatic ring is 1. The Hall–Kier alpha value is -1.40. The third-order valence-corrected chi connectivity index (χ3v) is 4.60. The summed E-state index contributed by atoms with van der Waals surface area (Å²) < 4.78 is 5.10. The molecule has 3 aromatic heterocycles. The fraction of sp³-hybridized carbons (Fsp3) is 0.167. The molecule has 3 rings (SSSR count). The smallest absolute Gasteiger partial charge is 0.272 e. The Balaban J connectivity index is 2.05. The van der Waals surface area contributed by atoms with Crippen LogP contribution in [0, 0.1) is 6.92 Å². The monoisotopic (exact) mass is 323 g/mol. The maximum atomic E-state index is 5.93. The molecule has 0 amide bonds. The predicted octanol–water partition coefficient (Wildman–Crippen LogP) is 2.38. The number of fused-ring (bicyclic) bond motifs is 1. The zero-order valence-electron chi connectivity index (χ0n) is 9.80. The van der Waals surface area contributed by atoms with Gasteiger partial charge in [0, 0.05) is 17.1 Å². The number of nitrogens with two attached hydrogens (primary N) is 1. The molecule has 4 nitrogen and oxygen atoms in total. The zero-order chi connectivity index (χ0) is 12.7. The van der Waals surface area contributed by atoms with Crippen LogP contribution in [0.5, 0.6) is 0 Å². The largest absolute Gasteiger partial charge is 0.287 e. The van der Waals surface area contributed by atoms with Crippen molar-refractivity contribution < 1.29 is 4.57 Å². The molecule has 0 saturated heterocycles. The summed E-state index contributed by atoms with van der Waals surface area (Å²) in [4.78, 5) is 5.63. The molecule has 3 heterocycles. The zero-order valence-corrected chi connectivity index (χ0v) is 12.2. The van der Waals surface area contributed by atoms with E-state index in [4.69, 9.17) is 5.73 Å². The number of anilines is 1. The summed E-state index contributed by atoms with van der Waals surface area (Å²) in [6, 6.07) is 5.78. The van der Waals surface area contributed by atoms with E-state index in [1.807, 2.05) is 29.0 Å². The molecule has 0 spiro atoms. The summed E-state index contributed by atoms with van der Waals surface area (Å²) >= 11 is 5.26. The van der Waals surface area contributed by atoms with Gasteiger partial charge >= 0.3 is 0 Å². The lowest BCUT2D eigenvalue weighted by molar-refractivity contribution is -0.674. The highest BCUT2D eigenvalue weighted by Gasteiger charge is 2.15. The maximum Gasteiger partial charge on any atom is 0.272 e. The molecule has 0 aliphatic rings. The first-order valence-corrected chi connectivity index (χ1v) is 7.19. The number of imidazole rings is 1. The van der Waals surface area contributed by atoms with Crippen molar-refractivity contribution in [3.8, 4) is 0 Å². The van der Waals surface area contributed by atoms with Gasteiger partial charge in [-0.05, 0) is 28.9 Å². The molecule has 0 unspecified atom stereocenters. The standard InChI is InChI=1S/C12H11BrN4S/c1-8-7-18-12-15-9(11(13)17(8)12)6-16-5-3-2-4-10(16)14/h2-5,7,14H,6H2,1H3/p+1. The quantitative estimate of drug-likeness (QED) is 0.736. The third-order valence-electron chi connectivity index (χ3n) is 2.84. The van der Waals surface area contributed by atoms with Crippen LogP contribution in [0.1, 0.15) is 11.4 Å². The van der Waals surface area contributed by atoms with Crippen LogP contribution in [0.2, 0.25) is 0 Å². The topological polar surface area (TPSA) is 47.2 Å². The number of pyridine rings is 1. The minimum absolute atomic E-state index is 0.668. The van der Waals surface area contributed by atoms with E-state index in [0.29, 0.717) is 6.54 Å². The van der Waals surface area contributed by atoms with Crippen LogP contribution in [0.3, 0.4) is 0 Å². The van der Waals surface area contributed by atoms with Crippen molar-refractivity contribution in [3.63, 3.8) is 0 Å². The van der Waals surface area contributed by atoms with E-state index in [2.05, 4.69) is 37.6 Å². The minimum Gasteiger partial charge on any atom is -0.287 e. The van der Waals surface area contributed by atoms with Gasteiger partial charge in [0.15, 0.2) is 4.96 Å². The van der Waals surface area contributed by atoms with E-state index in [0.717, 1.165) is 21.1 Å². The first kappa shape index (κ1) is 11.7. The van der Waals surface area contributed by atoms with Crippen LogP contribution in [0.15, 0.2) is 34.4 Å². The highest BCUT2D eigenvalue weighted by atomic mass is 79.9. The average molecular weight is 324 g/mol. The van der Waals surface area contributed by atoms with Gasteiger partial charge in [0.05, 0.1) is 6.20 Å². The summed E-state index contributed by atoms with van der Waals surface area (Å²) in [6.07, 6.45) is 1.96. The Morgan fingerprint density at radius 2 is 2.33 bits per heavy atom. The van der Waals surface area contributed by atoms with E-state index in [1.54, 1.807) is 11.3 Å². The second-order valence-electron chi connectivity index (χ2n) is 4.10. The van der Waals surface area contributed by atoms with Gasteiger partial charge in [0.1, 0.15) is 16.8 Å². The lowest BCUT2D eigenvalue weighted by Crippen LogP contribution is -2.37. The van der Waals surface area contributed by atoms with Gasteiger partial charge < -0.3 is 0 Å². The molecule has 0 aliphatic heterocycles.